The monoisotopic (exact) mass is 171 g/mol. The van der Waals surface area contributed by atoms with E-state index in [4.69, 9.17) is 4.74 Å². The van der Waals surface area contributed by atoms with Crippen molar-refractivity contribution in [1.29, 1.82) is 0 Å². The van der Waals surface area contributed by atoms with Gasteiger partial charge in [0.1, 0.15) is 0 Å². The Bertz CT molecular complexity index is 162. The van der Waals surface area contributed by atoms with Crippen LogP contribution in [-0.4, -0.2) is 18.1 Å². The Kier molecular flexibility index (Phi) is 5.17. The van der Waals surface area contributed by atoms with Gasteiger partial charge < -0.3 is 10.1 Å². The van der Waals surface area contributed by atoms with Crippen LogP contribution in [0.15, 0.2) is 12.3 Å². The lowest BCUT2D eigenvalue weighted by Gasteiger charge is -2.05. The van der Waals surface area contributed by atoms with E-state index in [1.807, 2.05) is 27.7 Å². The van der Waals surface area contributed by atoms with Gasteiger partial charge in [-0.3, -0.25) is 0 Å². The number of ether oxygens (including phenoxy) is 1. The summed E-state index contributed by atoms with van der Waals surface area (Å²) in [6, 6.07) is 0.341. The van der Waals surface area contributed by atoms with Gasteiger partial charge in [-0.25, -0.2) is 4.79 Å². The first-order valence-corrected chi connectivity index (χ1v) is 4.15. The highest BCUT2D eigenvalue weighted by Gasteiger charge is 1.98. The Hall–Kier alpha value is -0.990. The molecule has 3 heteroatoms. The van der Waals surface area contributed by atoms with Gasteiger partial charge >= 0.3 is 5.97 Å². The molecular weight excluding hydrogens is 154 g/mol. The van der Waals surface area contributed by atoms with Crippen LogP contribution in [0.2, 0.25) is 0 Å². The van der Waals surface area contributed by atoms with Crippen LogP contribution >= 0.6 is 0 Å². The smallest absolute Gasteiger partial charge is 0.332 e. The molecule has 0 saturated heterocycles. The zero-order chi connectivity index (χ0) is 9.56. The van der Waals surface area contributed by atoms with E-state index in [1.54, 1.807) is 6.20 Å². The molecule has 0 atom stereocenters. The highest BCUT2D eigenvalue weighted by atomic mass is 16.5. The highest BCUT2D eigenvalue weighted by molar-refractivity contribution is 5.81. The number of hydrogen-bond donors (Lipinski definition) is 1. The predicted octanol–water partition coefficient (Wildman–Crippen LogP) is 1.45. The van der Waals surface area contributed by atoms with Crippen LogP contribution in [0.3, 0.4) is 0 Å². The Balaban J connectivity index is 3.61. The van der Waals surface area contributed by atoms with Gasteiger partial charge in [0.2, 0.25) is 0 Å². The number of carbonyl (C=O) groups is 1. The van der Waals surface area contributed by atoms with Gasteiger partial charge in [-0.1, -0.05) is 0 Å². The Morgan fingerprint density at radius 1 is 1.33 bits per heavy atom. The zero-order valence-electron chi connectivity index (χ0n) is 8.13. The van der Waals surface area contributed by atoms with Crippen LogP contribution in [0, 0.1) is 0 Å². The summed E-state index contributed by atoms with van der Waals surface area (Å²) in [6.07, 6.45) is 2.94. The second kappa shape index (κ2) is 5.63. The molecule has 0 aliphatic rings. The molecule has 0 aromatic rings. The normalized spacial score (nSPS) is 11.2. The van der Waals surface area contributed by atoms with E-state index in [-0.39, 0.29) is 12.1 Å². The summed E-state index contributed by atoms with van der Waals surface area (Å²) in [7, 11) is 0. The van der Waals surface area contributed by atoms with Crippen molar-refractivity contribution in [2.24, 2.45) is 0 Å². The van der Waals surface area contributed by atoms with Gasteiger partial charge in [-0.05, 0) is 27.7 Å². The van der Waals surface area contributed by atoms with E-state index in [9.17, 15) is 4.79 Å². The lowest BCUT2D eigenvalue weighted by molar-refractivity contribution is -0.141. The van der Waals surface area contributed by atoms with E-state index >= 15 is 0 Å². The van der Waals surface area contributed by atoms with Gasteiger partial charge in [0.05, 0.1) is 6.10 Å². The van der Waals surface area contributed by atoms with Crippen molar-refractivity contribution in [3.05, 3.63) is 12.3 Å². The third kappa shape index (κ3) is 7.12. The molecule has 0 rings (SSSR count). The first-order chi connectivity index (χ1) is 5.52. The number of hydrogen-bond acceptors (Lipinski definition) is 3. The van der Waals surface area contributed by atoms with E-state index in [0.29, 0.717) is 6.04 Å². The third-order valence-electron chi connectivity index (χ3n) is 1.00. The predicted molar refractivity (Wildman–Crippen MR) is 48.6 cm³/mol. The molecule has 1 N–H and O–H groups in total. The minimum atomic E-state index is -0.307. The molecule has 12 heavy (non-hydrogen) atoms. The van der Waals surface area contributed by atoms with Gasteiger partial charge in [-0.2, -0.15) is 0 Å². The molecule has 70 valence electrons. The number of esters is 1. The first-order valence-electron chi connectivity index (χ1n) is 4.15. The molecule has 0 amide bonds. The molecule has 0 heterocycles. The number of carbonyl (C=O) groups excluding carboxylic acids is 1. The molecular formula is C9H17NO2. The first kappa shape index (κ1) is 11.0. The molecule has 0 aromatic carbocycles. The molecule has 0 bridgehead atoms. The quantitative estimate of drug-likeness (QED) is 0.514. The maximum Gasteiger partial charge on any atom is 0.332 e. The van der Waals surface area contributed by atoms with Gasteiger partial charge in [0.25, 0.3) is 0 Å². The van der Waals surface area contributed by atoms with Gasteiger partial charge in [-0.15, -0.1) is 0 Å². The fourth-order valence-corrected chi connectivity index (χ4v) is 0.580. The van der Waals surface area contributed by atoms with Crippen molar-refractivity contribution >= 4 is 5.97 Å². The molecule has 0 spiro atoms. The van der Waals surface area contributed by atoms with Crippen molar-refractivity contribution < 1.29 is 9.53 Å². The largest absolute Gasteiger partial charge is 0.460 e. The second-order valence-corrected chi connectivity index (χ2v) is 3.14. The second-order valence-electron chi connectivity index (χ2n) is 3.14. The summed E-state index contributed by atoms with van der Waals surface area (Å²) >= 11 is 0. The molecule has 0 unspecified atom stereocenters. The summed E-state index contributed by atoms with van der Waals surface area (Å²) < 4.78 is 4.87. The van der Waals surface area contributed by atoms with Crippen molar-refractivity contribution in [3.8, 4) is 0 Å². The Morgan fingerprint density at radius 2 is 1.92 bits per heavy atom. The van der Waals surface area contributed by atoms with E-state index in [1.165, 1.54) is 6.08 Å². The molecule has 0 aromatic heterocycles. The molecule has 3 nitrogen and oxygen atoms in total. The standard InChI is InChI=1S/C9H17NO2/c1-7(2)10-6-5-9(11)12-8(3)4/h5-8,10H,1-4H3. The van der Waals surface area contributed by atoms with E-state index in [2.05, 4.69) is 5.32 Å². The highest BCUT2D eigenvalue weighted by Crippen LogP contribution is 1.89. The molecule has 0 aliphatic carbocycles. The van der Waals surface area contributed by atoms with Crippen LogP contribution in [-0.2, 0) is 9.53 Å². The maximum atomic E-state index is 10.9. The summed E-state index contributed by atoms with van der Waals surface area (Å²) in [5.74, 6) is -0.307. The SMILES string of the molecule is CC(C)NC=CC(=O)OC(C)C. The molecule has 0 radical (unpaired) electrons. The Labute approximate surface area is 73.8 Å². The van der Waals surface area contributed by atoms with Crippen LogP contribution in [0.5, 0.6) is 0 Å². The van der Waals surface area contributed by atoms with Crippen molar-refractivity contribution in [2.75, 3.05) is 0 Å². The summed E-state index contributed by atoms with van der Waals surface area (Å²) in [6.45, 7) is 7.64. The minimum absolute atomic E-state index is 0.0544. The van der Waals surface area contributed by atoms with Crippen molar-refractivity contribution in [3.63, 3.8) is 0 Å². The van der Waals surface area contributed by atoms with Crippen molar-refractivity contribution in [2.45, 2.75) is 39.8 Å². The number of rotatable bonds is 4. The number of nitrogens with one attached hydrogen (secondary N) is 1. The van der Waals surface area contributed by atoms with Crippen LogP contribution in [0.1, 0.15) is 27.7 Å². The van der Waals surface area contributed by atoms with Gasteiger partial charge in [0, 0.05) is 18.3 Å². The van der Waals surface area contributed by atoms with Crippen LogP contribution in [0.25, 0.3) is 0 Å². The summed E-state index contributed by atoms with van der Waals surface area (Å²) in [5, 5.41) is 2.97. The molecule has 0 fully saturated rings. The fraction of sp³-hybridized carbons (Fsp3) is 0.667. The van der Waals surface area contributed by atoms with E-state index in [0.717, 1.165) is 0 Å². The zero-order valence-corrected chi connectivity index (χ0v) is 8.13. The maximum absolute atomic E-state index is 10.9. The van der Waals surface area contributed by atoms with Crippen LogP contribution in [0.4, 0.5) is 0 Å². The fourth-order valence-electron chi connectivity index (χ4n) is 0.580. The van der Waals surface area contributed by atoms with Gasteiger partial charge in [0.15, 0.2) is 0 Å². The summed E-state index contributed by atoms with van der Waals surface area (Å²) in [5.41, 5.74) is 0. The third-order valence-corrected chi connectivity index (χ3v) is 1.00. The topological polar surface area (TPSA) is 38.3 Å². The minimum Gasteiger partial charge on any atom is -0.460 e. The average Bonchev–Trinajstić information content (AvgIpc) is 1.84. The van der Waals surface area contributed by atoms with Crippen molar-refractivity contribution in [1.82, 2.24) is 5.32 Å². The molecule has 0 aliphatic heterocycles. The lowest BCUT2D eigenvalue weighted by Crippen LogP contribution is -2.16. The lowest BCUT2D eigenvalue weighted by atomic mass is 10.4. The summed E-state index contributed by atoms with van der Waals surface area (Å²) in [4.78, 5) is 10.9. The van der Waals surface area contributed by atoms with Crippen LogP contribution < -0.4 is 5.32 Å². The Morgan fingerprint density at radius 3 is 2.33 bits per heavy atom. The van der Waals surface area contributed by atoms with E-state index < -0.39 is 0 Å². The average molecular weight is 171 g/mol. The molecule has 0 saturated carbocycles.